The number of thiophene rings is 1. The molecule has 1 aromatic heterocycles. The van der Waals surface area contributed by atoms with Crippen LogP contribution in [0.5, 0.6) is 0 Å². The van der Waals surface area contributed by atoms with Gasteiger partial charge in [0, 0.05) is 17.8 Å². The molecule has 0 aromatic carbocycles. The number of halogens is 1. The monoisotopic (exact) mass is 358 g/mol. The largest absolute Gasteiger partial charge is 0.342 e. The fourth-order valence-electron chi connectivity index (χ4n) is 2.53. The first-order valence-electron chi connectivity index (χ1n) is 6.85. The topological polar surface area (TPSA) is 49.4 Å². The number of hydrogen-bond acceptors (Lipinski definition) is 3. The van der Waals surface area contributed by atoms with E-state index in [9.17, 15) is 9.59 Å². The number of nitrogens with zero attached hydrogens (tertiary/aromatic N) is 1. The van der Waals surface area contributed by atoms with Gasteiger partial charge in [0.2, 0.25) is 11.8 Å². The molecule has 1 aromatic rings. The van der Waals surface area contributed by atoms with Gasteiger partial charge in [0.15, 0.2) is 0 Å². The summed E-state index contributed by atoms with van der Waals surface area (Å²) in [4.78, 5) is 27.6. The van der Waals surface area contributed by atoms with Crippen molar-refractivity contribution in [2.24, 2.45) is 0 Å². The molecule has 1 aliphatic rings. The third kappa shape index (κ3) is 3.06. The first kappa shape index (κ1) is 15.5. The Bertz CT molecular complexity index is 511. The molecule has 0 radical (unpaired) electrons. The molecular weight excluding hydrogens is 340 g/mol. The molecule has 0 aliphatic carbocycles. The molecule has 1 fully saturated rings. The maximum absolute atomic E-state index is 12.8. The minimum Gasteiger partial charge on any atom is -0.342 e. The van der Waals surface area contributed by atoms with Gasteiger partial charge >= 0.3 is 0 Å². The molecule has 1 aliphatic heterocycles. The first-order valence-corrected chi connectivity index (χ1v) is 8.46. The highest BCUT2D eigenvalue weighted by Crippen LogP contribution is 2.27. The van der Waals surface area contributed by atoms with Crippen LogP contribution in [0.1, 0.15) is 38.0 Å². The Hall–Kier alpha value is -0.880. The van der Waals surface area contributed by atoms with Gasteiger partial charge in [-0.25, -0.2) is 0 Å². The van der Waals surface area contributed by atoms with Gasteiger partial charge in [0.05, 0.1) is 10.3 Å². The molecule has 0 bridgehead atoms. The van der Waals surface area contributed by atoms with Crippen molar-refractivity contribution >= 4 is 39.1 Å². The summed E-state index contributed by atoms with van der Waals surface area (Å²) in [6.45, 7) is 4.97. The average Bonchev–Trinajstić information content (AvgIpc) is 2.80. The van der Waals surface area contributed by atoms with Gasteiger partial charge in [-0.15, -0.1) is 11.3 Å². The summed E-state index contributed by atoms with van der Waals surface area (Å²) in [6, 6.07) is 4.00. The molecule has 2 heterocycles. The first-order chi connectivity index (χ1) is 9.50. The second kappa shape index (κ2) is 6.26. The van der Waals surface area contributed by atoms with E-state index in [0.29, 0.717) is 32.4 Å². The Labute approximate surface area is 131 Å². The van der Waals surface area contributed by atoms with E-state index in [1.54, 1.807) is 11.3 Å². The number of hydrogen-bond donors (Lipinski definition) is 1. The van der Waals surface area contributed by atoms with E-state index in [1.165, 1.54) is 0 Å². The number of amides is 2. The lowest BCUT2D eigenvalue weighted by Gasteiger charge is -2.33. The van der Waals surface area contributed by atoms with Crippen LogP contribution in [-0.4, -0.2) is 28.8 Å². The van der Waals surface area contributed by atoms with Crippen LogP contribution in [0.15, 0.2) is 15.9 Å². The van der Waals surface area contributed by atoms with Gasteiger partial charge in [-0.2, -0.15) is 0 Å². The van der Waals surface area contributed by atoms with E-state index >= 15 is 0 Å². The van der Waals surface area contributed by atoms with Crippen LogP contribution in [0.4, 0.5) is 0 Å². The third-order valence-corrected chi connectivity index (χ3v) is 5.48. The maximum Gasteiger partial charge on any atom is 0.248 e. The van der Waals surface area contributed by atoms with Crippen molar-refractivity contribution < 1.29 is 9.59 Å². The molecule has 2 amide bonds. The summed E-state index contributed by atoms with van der Waals surface area (Å²) in [6.07, 6.45) is 1.62. The van der Waals surface area contributed by atoms with Crippen molar-refractivity contribution in [1.82, 2.24) is 10.2 Å². The zero-order chi connectivity index (χ0) is 14.8. The molecule has 1 N–H and O–H groups in total. The van der Waals surface area contributed by atoms with E-state index in [2.05, 4.69) is 21.2 Å². The van der Waals surface area contributed by atoms with Crippen molar-refractivity contribution in [3.63, 3.8) is 0 Å². The normalized spacial score (nSPS) is 18.9. The number of nitrogens with one attached hydrogen (secondary N) is 1. The van der Waals surface area contributed by atoms with Gasteiger partial charge in [0.25, 0.3) is 0 Å². The molecule has 2 rings (SSSR count). The standard InChI is InChI=1S/C14H19BrN2O2S/c1-3-14(4-2)13(19)17(8-7-12(18)16-14)9-10-5-6-11(15)20-10/h5-6H,3-4,7-9H2,1-2H3,(H,16,18). The number of carbonyl (C=O) groups is 2. The SMILES string of the molecule is CCC1(CC)NC(=O)CCN(Cc2ccc(Br)s2)C1=O. The zero-order valence-corrected chi connectivity index (χ0v) is 14.1. The van der Waals surface area contributed by atoms with Crippen LogP contribution in [0, 0.1) is 0 Å². The fraction of sp³-hybridized carbons (Fsp3) is 0.571. The highest BCUT2D eigenvalue weighted by atomic mass is 79.9. The molecular formula is C14H19BrN2O2S. The van der Waals surface area contributed by atoms with Gasteiger partial charge in [-0.1, -0.05) is 13.8 Å². The molecule has 20 heavy (non-hydrogen) atoms. The molecule has 0 saturated carbocycles. The maximum atomic E-state index is 12.8. The Morgan fingerprint density at radius 2 is 2.05 bits per heavy atom. The van der Waals surface area contributed by atoms with E-state index < -0.39 is 5.54 Å². The van der Waals surface area contributed by atoms with Gasteiger partial charge in [-0.3, -0.25) is 9.59 Å². The predicted octanol–water partition coefficient (Wildman–Crippen LogP) is 2.92. The summed E-state index contributed by atoms with van der Waals surface area (Å²) in [5.74, 6) is 0.00906. The number of carbonyl (C=O) groups excluding carboxylic acids is 2. The minimum atomic E-state index is -0.734. The fourth-order valence-corrected chi connectivity index (χ4v) is 4.03. The van der Waals surface area contributed by atoms with Crippen LogP contribution >= 0.6 is 27.3 Å². The second-order valence-corrected chi connectivity index (χ2v) is 7.57. The van der Waals surface area contributed by atoms with Crippen molar-refractivity contribution in [2.75, 3.05) is 6.54 Å². The summed E-state index contributed by atoms with van der Waals surface area (Å²) in [5, 5.41) is 2.93. The summed E-state index contributed by atoms with van der Waals surface area (Å²) in [7, 11) is 0. The molecule has 110 valence electrons. The molecule has 0 atom stereocenters. The lowest BCUT2D eigenvalue weighted by atomic mass is 9.91. The Kier molecular flexibility index (Phi) is 4.86. The smallest absolute Gasteiger partial charge is 0.248 e. The van der Waals surface area contributed by atoms with Crippen molar-refractivity contribution in [2.45, 2.75) is 45.2 Å². The van der Waals surface area contributed by atoms with Crippen molar-refractivity contribution in [3.8, 4) is 0 Å². The van der Waals surface area contributed by atoms with E-state index in [-0.39, 0.29) is 11.8 Å². The Morgan fingerprint density at radius 1 is 1.35 bits per heavy atom. The van der Waals surface area contributed by atoms with Crippen molar-refractivity contribution in [1.29, 1.82) is 0 Å². The van der Waals surface area contributed by atoms with E-state index in [4.69, 9.17) is 0 Å². The highest BCUT2D eigenvalue weighted by Gasteiger charge is 2.41. The molecule has 6 heteroatoms. The molecule has 4 nitrogen and oxygen atoms in total. The Morgan fingerprint density at radius 3 is 2.60 bits per heavy atom. The summed E-state index contributed by atoms with van der Waals surface area (Å²) >= 11 is 5.06. The molecule has 0 unspecified atom stereocenters. The lowest BCUT2D eigenvalue weighted by Crippen LogP contribution is -2.56. The summed E-state index contributed by atoms with van der Waals surface area (Å²) in [5.41, 5.74) is -0.734. The van der Waals surface area contributed by atoms with E-state index in [0.717, 1.165) is 8.66 Å². The van der Waals surface area contributed by atoms with Crippen LogP contribution in [0.3, 0.4) is 0 Å². The molecule has 0 spiro atoms. The van der Waals surface area contributed by atoms with Crippen LogP contribution in [0.2, 0.25) is 0 Å². The molecule has 1 saturated heterocycles. The lowest BCUT2D eigenvalue weighted by molar-refractivity contribution is -0.139. The Balaban J connectivity index is 2.23. The van der Waals surface area contributed by atoms with Gasteiger partial charge < -0.3 is 10.2 Å². The predicted molar refractivity (Wildman–Crippen MR) is 83.5 cm³/mol. The third-order valence-electron chi connectivity index (χ3n) is 3.87. The van der Waals surface area contributed by atoms with E-state index in [1.807, 2.05) is 30.9 Å². The average molecular weight is 359 g/mol. The van der Waals surface area contributed by atoms with Crippen LogP contribution in [-0.2, 0) is 16.1 Å². The van der Waals surface area contributed by atoms with Crippen LogP contribution in [0.25, 0.3) is 0 Å². The van der Waals surface area contributed by atoms with Gasteiger partial charge in [0.1, 0.15) is 5.54 Å². The second-order valence-electron chi connectivity index (χ2n) is 5.02. The van der Waals surface area contributed by atoms with Crippen molar-refractivity contribution in [3.05, 3.63) is 20.8 Å². The minimum absolute atomic E-state index is 0.0306. The quantitative estimate of drug-likeness (QED) is 0.899. The zero-order valence-electron chi connectivity index (χ0n) is 11.7. The highest BCUT2D eigenvalue weighted by molar-refractivity contribution is 9.11. The van der Waals surface area contributed by atoms with Gasteiger partial charge in [-0.05, 0) is 40.9 Å². The summed E-state index contributed by atoms with van der Waals surface area (Å²) < 4.78 is 1.06. The van der Waals surface area contributed by atoms with Crippen LogP contribution < -0.4 is 5.32 Å². The number of rotatable bonds is 4.